The summed E-state index contributed by atoms with van der Waals surface area (Å²) >= 11 is 0. The Bertz CT molecular complexity index is 219. The van der Waals surface area contributed by atoms with Crippen molar-refractivity contribution in [3.8, 4) is 0 Å². The number of nitrogens with one attached hydrogen (secondary N) is 2. The molecule has 0 spiro atoms. The van der Waals surface area contributed by atoms with E-state index in [0.717, 1.165) is 6.42 Å². The van der Waals surface area contributed by atoms with E-state index in [0.29, 0.717) is 6.42 Å². The van der Waals surface area contributed by atoms with E-state index in [9.17, 15) is 9.59 Å². The van der Waals surface area contributed by atoms with Crippen LogP contribution in [0.1, 0.15) is 33.6 Å². The molecule has 5 nitrogen and oxygen atoms in total. The molecular formula is C10H20N2O3. The number of carbonyl (C=O) groups excluding carboxylic acids is 2. The van der Waals surface area contributed by atoms with Gasteiger partial charge < -0.3 is 15.7 Å². The van der Waals surface area contributed by atoms with Crippen LogP contribution in [0.25, 0.3) is 0 Å². The minimum absolute atomic E-state index is 0.0290. The molecule has 0 bridgehead atoms. The van der Waals surface area contributed by atoms with Crippen LogP contribution in [0.15, 0.2) is 0 Å². The van der Waals surface area contributed by atoms with E-state index in [1.165, 1.54) is 6.92 Å². The van der Waals surface area contributed by atoms with Gasteiger partial charge >= 0.3 is 0 Å². The Morgan fingerprint density at radius 1 is 1.33 bits per heavy atom. The monoisotopic (exact) mass is 216 g/mol. The lowest BCUT2D eigenvalue weighted by Gasteiger charge is -2.19. The highest BCUT2D eigenvalue weighted by atomic mass is 16.3. The van der Waals surface area contributed by atoms with Crippen molar-refractivity contribution in [1.29, 1.82) is 0 Å². The summed E-state index contributed by atoms with van der Waals surface area (Å²) in [7, 11) is 0. The van der Waals surface area contributed by atoms with Crippen molar-refractivity contribution in [3.63, 3.8) is 0 Å². The van der Waals surface area contributed by atoms with Crippen molar-refractivity contribution < 1.29 is 14.7 Å². The topological polar surface area (TPSA) is 78.4 Å². The van der Waals surface area contributed by atoms with Gasteiger partial charge in [0, 0.05) is 19.6 Å². The number of carbonyl (C=O) groups is 2. The molecule has 5 heteroatoms. The van der Waals surface area contributed by atoms with E-state index in [-0.39, 0.29) is 24.5 Å². The van der Waals surface area contributed by atoms with Gasteiger partial charge in [0.05, 0.1) is 0 Å². The highest BCUT2D eigenvalue weighted by Crippen LogP contribution is 1.97. The van der Waals surface area contributed by atoms with Crippen molar-refractivity contribution in [2.45, 2.75) is 45.7 Å². The largest absolute Gasteiger partial charge is 0.396 e. The molecule has 0 saturated carbocycles. The molecule has 2 atom stereocenters. The molecule has 15 heavy (non-hydrogen) atoms. The van der Waals surface area contributed by atoms with Crippen LogP contribution in [0.2, 0.25) is 0 Å². The maximum Gasteiger partial charge on any atom is 0.242 e. The van der Waals surface area contributed by atoms with Crippen molar-refractivity contribution in [2.75, 3.05) is 6.61 Å². The molecule has 0 radical (unpaired) electrons. The van der Waals surface area contributed by atoms with Crippen LogP contribution >= 0.6 is 0 Å². The summed E-state index contributed by atoms with van der Waals surface area (Å²) in [5, 5.41) is 14.0. The summed E-state index contributed by atoms with van der Waals surface area (Å²) < 4.78 is 0. The molecule has 88 valence electrons. The molecule has 0 fully saturated rings. The summed E-state index contributed by atoms with van der Waals surface area (Å²) in [5.41, 5.74) is 0. The van der Waals surface area contributed by atoms with Gasteiger partial charge in [0.15, 0.2) is 0 Å². The number of aliphatic hydroxyl groups is 1. The fraction of sp³-hybridized carbons (Fsp3) is 0.800. The molecule has 3 N–H and O–H groups in total. The first-order chi connectivity index (χ1) is 7.01. The predicted octanol–water partition coefficient (Wildman–Crippen LogP) is -0.212. The summed E-state index contributed by atoms with van der Waals surface area (Å²) in [6.45, 7) is 4.98. The van der Waals surface area contributed by atoms with Crippen LogP contribution in [0, 0.1) is 0 Å². The van der Waals surface area contributed by atoms with E-state index in [1.54, 1.807) is 6.92 Å². The van der Waals surface area contributed by atoms with Crippen LogP contribution in [0.4, 0.5) is 0 Å². The van der Waals surface area contributed by atoms with Gasteiger partial charge in [-0.05, 0) is 19.8 Å². The molecule has 0 aliphatic heterocycles. The maximum absolute atomic E-state index is 11.5. The highest BCUT2D eigenvalue weighted by Gasteiger charge is 2.16. The fourth-order valence-electron chi connectivity index (χ4n) is 1.23. The number of hydrogen-bond donors (Lipinski definition) is 3. The summed E-state index contributed by atoms with van der Waals surface area (Å²) in [4.78, 5) is 22.2. The lowest BCUT2D eigenvalue weighted by atomic mass is 10.1. The minimum Gasteiger partial charge on any atom is -0.396 e. The Morgan fingerprint density at radius 3 is 2.33 bits per heavy atom. The van der Waals surface area contributed by atoms with Crippen molar-refractivity contribution in [2.24, 2.45) is 0 Å². The van der Waals surface area contributed by atoms with Crippen LogP contribution in [0.3, 0.4) is 0 Å². The Morgan fingerprint density at radius 2 is 1.93 bits per heavy atom. The van der Waals surface area contributed by atoms with Crippen LogP contribution in [-0.4, -0.2) is 35.6 Å². The van der Waals surface area contributed by atoms with Crippen molar-refractivity contribution in [3.05, 3.63) is 0 Å². The molecule has 0 rings (SSSR count). The normalized spacial score (nSPS) is 14.1. The van der Waals surface area contributed by atoms with Crippen molar-refractivity contribution >= 4 is 11.8 Å². The van der Waals surface area contributed by atoms with Gasteiger partial charge in [-0.1, -0.05) is 6.92 Å². The molecule has 0 saturated heterocycles. The van der Waals surface area contributed by atoms with Gasteiger partial charge in [-0.25, -0.2) is 0 Å². The van der Waals surface area contributed by atoms with Crippen LogP contribution in [-0.2, 0) is 9.59 Å². The zero-order chi connectivity index (χ0) is 11.8. The number of rotatable bonds is 6. The number of hydrogen-bond acceptors (Lipinski definition) is 3. The smallest absolute Gasteiger partial charge is 0.242 e. The van der Waals surface area contributed by atoms with Gasteiger partial charge in [0.25, 0.3) is 0 Å². The molecule has 2 unspecified atom stereocenters. The van der Waals surface area contributed by atoms with E-state index in [1.807, 2.05) is 6.92 Å². The fourth-order valence-corrected chi connectivity index (χ4v) is 1.23. The summed E-state index contributed by atoms with van der Waals surface area (Å²) in [6.07, 6.45) is 1.30. The SMILES string of the molecule is CCC(CCO)NC(=O)C(C)NC(C)=O. The standard InChI is InChI=1S/C10H20N2O3/c1-4-9(5-6-13)12-10(15)7(2)11-8(3)14/h7,9,13H,4-6H2,1-3H3,(H,11,14)(H,12,15). The van der Waals surface area contributed by atoms with Gasteiger partial charge in [-0.3, -0.25) is 9.59 Å². The lowest BCUT2D eigenvalue weighted by molar-refractivity contribution is -0.128. The first-order valence-electron chi connectivity index (χ1n) is 5.19. The number of amides is 2. The molecule has 0 heterocycles. The second-order valence-corrected chi connectivity index (χ2v) is 3.55. The summed E-state index contributed by atoms with van der Waals surface area (Å²) in [6, 6.07) is -0.561. The van der Waals surface area contributed by atoms with Gasteiger partial charge in [-0.15, -0.1) is 0 Å². The third-order valence-corrected chi connectivity index (χ3v) is 2.13. The summed E-state index contributed by atoms with van der Waals surface area (Å²) in [5.74, 6) is -0.446. The zero-order valence-electron chi connectivity index (χ0n) is 9.54. The molecule has 0 aliphatic rings. The Balaban J connectivity index is 4.03. The maximum atomic E-state index is 11.5. The van der Waals surface area contributed by atoms with E-state index >= 15 is 0 Å². The van der Waals surface area contributed by atoms with Crippen LogP contribution < -0.4 is 10.6 Å². The average molecular weight is 216 g/mol. The first kappa shape index (κ1) is 13.9. The molecule has 0 aromatic rings. The highest BCUT2D eigenvalue weighted by molar-refractivity contribution is 5.86. The van der Waals surface area contributed by atoms with Gasteiger partial charge in [-0.2, -0.15) is 0 Å². The molecule has 0 aliphatic carbocycles. The van der Waals surface area contributed by atoms with Crippen LogP contribution in [0.5, 0.6) is 0 Å². The third-order valence-electron chi connectivity index (χ3n) is 2.13. The van der Waals surface area contributed by atoms with E-state index in [4.69, 9.17) is 5.11 Å². The Kier molecular flexibility index (Phi) is 6.70. The predicted molar refractivity (Wildman–Crippen MR) is 57.2 cm³/mol. The third kappa shape index (κ3) is 6.06. The average Bonchev–Trinajstić information content (AvgIpc) is 2.15. The Labute approximate surface area is 90.2 Å². The number of aliphatic hydroxyl groups excluding tert-OH is 1. The Hall–Kier alpha value is -1.10. The first-order valence-corrected chi connectivity index (χ1v) is 5.19. The second kappa shape index (κ2) is 7.23. The molecular weight excluding hydrogens is 196 g/mol. The molecule has 0 aromatic carbocycles. The van der Waals surface area contributed by atoms with E-state index < -0.39 is 6.04 Å². The quantitative estimate of drug-likeness (QED) is 0.575. The van der Waals surface area contributed by atoms with Crippen molar-refractivity contribution in [1.82, 2.24) is 10.6 Å². The zero-order valence-corrected chi connectivity index (χ0v) is 9.54. The van der Waals surface area contributed by atoms with E-state index in [2.05, 4.69) is 10.6 Å². The van der Waals surface area contributed by atoms with Gasteiger partial charge in [0.2, 0.25) is 11.8 Å². The van der Waals surface area contributed by atoms with Gasteiger partial charge in [0.1, 0.15) is 6.04 Å². The molecule has 0 aromatic heterocycles. The molecule has 2 amide bonds. The minimum atomic E-state index is -0.532. The lowest BCUT2D eigenvalue weighted by Crippen LogP contribution is -2.47. The second-order valence-electron chi connectivity index (χ2n) is 3.55.